The van der Waals surface area contributed by atoms with Crippen molar-refractivity contribution in [3.63, 3.8) is 0 Å². The van der Waals surface area contributed by atoms with Crippen molar-refractivity contribution in [1.82, 2.24) is 24.8 Å². The molecule has 1 aromatic heterocycles. The van der Waals surface area contributed by atoms with Gasteiger partial charge in [0.25, 0.3) is 5.91 Å². The van der Waals surface area contributed by atoms with Crippen LogP contribution in [-0.4, -0.2) is 87.6 Å². The van der Waals surface area contributed by atoms with Crippen molar-refractivity contribution in [1.29, 1.82) is 0 Å². The Hall–Kier alpha value is -1.12. The smallest absolute Gasteiger partial charge is 0.276 e. The molecule has 0 saturated carbocycles. The molecule has 8 heteroatoms. The maximum atomic E-state index is 12.8. The molecule has 3 heterocycles. The summed E-state index contributed by atoms with van der Waals surface area (Å²) in [5.74, 6) is 2.11. The SMILES string of the molecule is Cn1cc(C(=O)N2CCCSCC2CN2CCOCC2)nn1. The summed E-state index contributed by atoms with van der Waals surface area (Å²) in [4.78, 5) is 17.2. The molecule has 2 saturated heterocycles. The van der Waals surface area contributed by atoms with Crippen molar-refractivity contribution < 1.29 is 9.53 Å². The molecular formula is C14H23N5O2S. The van der Waals surface area contributed by atoms with Crippen LogP contribution in [0.15, 0.2) is 6.20 Å². The van der Waals surface area contributed by atoms with E-state index in [1.54, 1.807) is 17.9 Å². The molecule has 0 bridgehead atoms. The number of carbonyl (C=O) groups excluding carboxylic acids is 1. The third-order valence-corrected chi connectivity index (χ3v) is 5.29. The van der Waals surface area contributed by atoms with Gasteiger partial charge in [0.1, 0.15) is 0 Å². The molecule has 0 N–H and O–H groups in total. The second-order valence-electron chi connectivity index (χ2n) is 5.77. The van der Waals surface area contributed by atoms with E-state index >= 15 is 0 Å². The van der Waals surface area contributed by atoms with E-state index < -0.39 is 0 Å². The highest BCUT2D eigenvalue weighted by atomic mass is 32.2. The lowest BCUT2D eigenvalue weighted by molar-refractivity contribution is 0.0244. The number of aromatic nitrogens is 3. The summed E-state index contributed by atoms with van der Waals surface area (Å²) in [6, 6.07) is 0.236. The van der Waals surface area contributed by atoms with Crippen LogP contribution in [0.2, 0.25) is 0 Å². The number of aryl methyl sites for hydroxylation is 1. The molecule has 1 atom stereocenters. The first kappa shape index (κ1) is 15.8. The highest BCUT2D eigenvalue weighted by molar-refractivity contribution is 7.99. The van der Waals surface area contributed by atoms with Gasteiger partial charge in [-0.25, -0.2) is 0 Å². The van der Waals surface area contributed by atoms with Gasteiger partial charge in [0.2, 0.25) is 0 Å². The second-order valence-corrected chi connectivity index (χ2v) is 6.92. The average molecular weight is 325 g/mol. The van der Waals surface area contributed by atoms with Crippen LogP contribution in [-0.2, 0) is 11.8 Å². The molecular weight excluding hydrogens is 302 g/mol. The largest absolute Gasteiger partial charge is 0.379 e. The molecule has 1 aromatic rings. The van der Waals surface area contributed by atoms with Crippen LogP contribution < -0.4 is 0 Å². The van der Waals surface area contributed by atoms with E-state index in [0.29, 0.717) is 5.69 Å². The van der Waals surface area contributed by atoms with E-state index in [4.69, 9.17) is 4.74 Å². The first-order chi connectivity index (χ1) is 10.7. The van der Waals surface area contributed by atoms with Crippen LogP contribution in [0.1, 0.15) is 16.9 Å². The number of rotatable bonds is 3. The average Bonchev–Trinajstić information content (AvgIpc) is 2.84. The van der Waals surface area contributed by atoms with Gasteiger partial charge in [-0.15, -0.1) is 5.10 Å². The Balaban J connectivity index is 1.70. The molecule has 1 amide bonds. The Morgan fingerprint density at radius 3 is 2.95 bits per heavy atom. The van der Waals surface area contributed by atoms with E-state index in [-0.39, 0.29) is 11.9 Å². The third-order valence-electron chi connectivity index (χ3n) is 4.09. The van der Waals surface area contributed by atoms with Gasteiger partial charge in [0, 0.05) is 39.0 Å². The van der Waals surface area contributed by atoms with Gasteiger partial charge >= 0.3 is 0 Å². The maximum Gasteiger partial charge on any atom is 0.276 e. The lowest BCUT2D eigenvalue weighted by Gasteiger charge is -2.35. The molecule has 7 nitrogen and oxygen atoms in total. The van der Waals surface area contributed by atoms with E-state index in [1.807, 2.05) is 16.7 Å². The van der Waals surface area contributed by atoms with E-state index in [0.717, 1.165) is 57.3 Å². The summed E-state index contributed by atoms with van der Waals surface area (Å²) in [7, 11) is 1.78. The Bertz CT molecular complexity index is 503. The number of thioether (sulfide) groups is 1. The van der Waals surface area contributed by atoms with Gasteiger partial charge in [0.05, 0.1) is 25.5 Å². The Morgan fingerprint density at radius 2 is 2.23 bits per heavy atom. The zero-order valence-electron chi connectivity index (χ0n) is 13.0. The minimum Gasteiger partial charge on any atom is -0.379 e. The van der Waals surface area contributed by atoms with Crippen LogP contribution in [0, 0.1) is 0 Å². The van der Waals surface area contributed by atoms with Crippen LogP contribution in [0.25, 0.3) is 0 Å². The summed E-state index contributed by atoms with van der Waals surface area (Å²) in [5, 5.41) is 7.87. The number of amides is 1. The van der Waals surface area contributed by atoms with Gasteiger partial charge in [-0.1, -0.05) is 5.21 Å². The van der Waals surface area contributed by atoms with E-state index in [2.05, 4.69) is 15.2 Å². The number of nitrogens with zero attached hydrogens (tertiary/aromatic N) is 5. The minimum absolute atomic E-state index is 0.00820. The number of carbonyl (C=O) groups is 1. The summed E-state index contributed by atoms with van der Waals surface area (Å²) in [6.07, 6.45) is 2.74. The molecule has 0 aliphatic carbocycles. The van der Waals surface area contributed by atoms with Crippen molar-refractivity contribution in [2.45, 2.75) is 12.5 Å². The summed E-state index contributed by atoms with van der Waals surface area (Å²) >= 11 is 1.94. The number of ether oxygens (including phenoxy) is 1. The first-order valence-electron chi connectivity index (χ1n) is 7.79. The van der Waals surface area contributed by atoms with Crippen molar-refractivity contribution in [2.24, 2.45) is 7.05 Å². The Kier molecular flexibility index (Phi) is 5.32. The molecule has 2 aliphatic heterocycles. The highest BCUT2D eigenvalue weighted by Gasteiger charge is 2.29. The van der Waals surface area contributed by atoms with Gasteiger partial charge in [0.15, 0.2) is 5.69 Å². The first-order valence-corrected chi connectivity index (χ1v) is 8.94. The van der Waals surface area contributed by atoms with Crippen molar-refractivity contribution >= 4 is 17.7 Å². The topological polar surface area (TPSA) is 63.5 Å². The second kappa shape index (κ2) is 7.43. The number of hydrogen-bond donors (Lipinski definition) is 0. The highest BCUT2D eigenvalue weighted by Crippen LogP contribution is 2.19. The molecule has 0 aromatic carbocycles. The Morgan fingerprint density at radius 1 is 1.41 bits per heavy atom. The maximum absolute atomic E-state index is 12.8. The van der Waals surface area contributed by atoms with Crippen LogP contribution in [0.4, 0.5) is 0 Å². The monoisotopic (exact) mass is 325 g/mol. The van der Waals surface area contributed by atoms with Gasteiger partial charge in [-0.05, 0) is 12.2 Å². The molecule has 0 radical (unpaired) electrons. The predicted octanol–water partition coefficient (Wildman–Crippen LogP) is 0.0950. The van der Waals surface area contributed by atoms with Crippen molar-refractivity contribution in [3.05, 3.63) is 11.9 Å². The lowest BCUT2D eigenvalue weighted by Crippen LogP contribution is -2.50. The Labute approximate surface area is 135 Å². The molecule has 1 unspecified atom stereocenters. The third kappa shape index (κ3) is 3.80. The summed E-state index contributed by atoms with van der Waals surface area (Å²) in [6.45, 7) is 5.21. The van der Waals surface area contributed by atoms with Crippen molar-refractivity contribution in [3.8, 4) is 0 Å². The summed E-state index contributed by atoms with van der Waals surface area (Å²) < 4.78 is 6.99. The van der Waals surface area contributed by atoms with Crippen molar-refractivity contribution in [2.75, 3.05) is 50.9 Å². The normalized spacial score (nSPS) is 24.2. The summed E-state index contributed by atoms with van der Waals surface area (Å²) in [5.41, 5.74) is 0.446. The van der Waals surface area contributed by atoms with E-state index in [1.165, 1.54) is 0 Å². The fourth-order valence-electron chi connectivity index (χ4n) is 2.92. The number of hydrogen-bond acceptors (Lipinski definition) is 6. The minimum atomic E-state index is 0.00820. The molecule has 22 heavy (non-hydrogen) atoms. The van der Waals surface area contributed by atoms with Crippen LogP contribution in [0.5, 0.6) is 0 Å². The van der Waals surface area contributed by atoms with Crippen LogP contribution in [0.3, 0.4) is 0 Å². The fraction of sp³-hybridized carbons (Fsp3) is 0.786. The van der Waals surface area contributed by atoms with Crippen LogP contribution >= 0.6 is 11.8 Å². The molecule has 2 fully saturated rings. The predicted molar refractivity (Wildman–Crippen MR) is 85.0 cm³/mol. The lowest BCUT2D eigenvalue weighted by atomic mass is 10.2. The molecule has 3 rings (SSSR count). The van der Waals surface area contributed by atoms with Gasteiger partial charge < -0.3 is 9.64 Å². The quantitative estimate of drug-likeness (QED) is 0.785. The molecule has 122 valence electrons. The van der Waals surface area contributed by atoms with Gasteiger partial charge in [-0.2, -0.15) is 11.8 Å². The van der Waals surface area contributed by atoms with E-state index in [9.17, 15) is 4.79 Å². The van der Waals surface area contributed by atoms with Gasteiger partial charge in [-0.3, -0.25) is 14.4 Å². The zero-order chi connectivity index (χ0) is 15.4. The zero-order valence-corrected chi connectivity index (χ0v) is 13.8. The molecule has 2 aliphatic rings. The number of morpholine rings is 1. The standard InChI is InChI=1S/C14H23N5O2S/c1-17-10-13(15-16-17)14(20)19-3-2-8-22-11-12(19)9-18-4-6-21-7-5-18/h10,12H,2-9,11H2,1H3. The fourth-order valence-corrected chi connectivity index (χ4v) is 3.98. The molecule has 0 spiro atoms.